The molecule has 0 spiro atoms. The van der Waals surface area contributed by atoms with E-state index >= 15 is 0 Å². The first kappa shape index (κ1) is 14.6. The Bertz CT molecular complexity index is 481. The Hall–Kier alpha value is -1.37. The lowest BCUT2D eigenvalue weighted by atomic mass is 10.2. The second-order valence-corrected chi connectivity index (χ2v) is 5.88. The third kappa shape index (κ3) is 3.84. The van der Waals surface area contributed by atoms with Gasteiger partial charge in [0.2, 0.25) is 5.95 Å². The van der Waals surface area contributed by atoms with Crippen molar-refractivity contribution >= 4 is 5.95 Å². The van der Waals surface area contributed by atoms with E-state index in [0.29, 0.717) is 18.5 Å². The van der Waals surface area contributed by atoms with E-state index in [0.717, 1.165) is 44.8 Å². The SMILES string of the molecule is FC(F)(F)c1ccnc(N(CC2CC2)CC2CCCN2)n1. The van der Waals surface area contributed by atoms with Crippen LogP contribution >= 0.6 is 0 Å². The maximum Gasteiger partial charge on any atom is 0.433 e. The molecule has 0 aromatic carbocycles. The number of nitrogens with zero attached hydrogens (tertiary/aromatic N) is 3. The van der Waals surface area contributed by atoms with E-state index in [-0.39, 0.29) is 5.95 Å². The lowest BCUT2D eigenvalue weighted by Crippen LogP contribution is -2.39. The molecule has 1 aromatic heterocycles. The van der Waals surface area contributed by atoms with Crippen molar-refractivity contribution in [2.75, 3.05) is 24.5 Å². The number of anilines is 1. The van der Waals surface area contributed by atoms with Crippen LogP contribution in [-0.2, 0) is 6.18 Å². The molecule has 1 saturated heterocycles. The minimum Gasteiger partial charge on any atom is -0.339 e. The molecule has 0 bridgehead atoms. The molecule has 3 rings (SSSR count). The first-order valence-corrected chi connectivity index (χ1v) is 7.41. The van der Waals surface area contributed by atoms with E-state index < -0.39 is 11.9 Å². The Labute approximate surface area is 121 Å². The molecule has 116 valence electrons. The van der Waals surface area contributed by atoms with Gasteiger partial charge in [0.1, 0.15) is 5.69 Å². The van der Waals surface area contributed by atoms with Crippen molar-refractivity contribution < 1.29 is 13.2 Å². The Morgan fingerprint density at radius 2 is 2.05 bits per heavy atom. The predicted molar refractivity (Wildman–Crippen MR) is 73.0 cm³/mol. The zero-order valence-corrected chi connectivity index (χ0v) is 11.7. The van der Waals surface area contributed by atoms with Gasteiger partial charge in [-0.15, -0.1) is 0 Å². The van der Waals surface area contributed by atoms with Gasteiger partial charge < -0.3 is 10.2 Å². The highest BCUT2D eigenvalue weighted by atomic mass is 19.4. The third-order valence-corrected chi connectivity index (χ3v) is 3.99. The van der Waals surface area contributed by atoms with Crippen LogP contribution in [0.2, 0.25) is 0 Å². The summed E-state index contributed by atoms with van der Waals surface area (Å²) in [5, 5.41) is 3.38. The van der Waals surface area contributed by atoms with Gasteiger partial charge in [-0.2, -0.15) is 13.2 Å². The molecule has 1 aliphatic heterocycles. The summed E-state index contributed by atoms with van der Waals surface area (Å²) in [6, 6.07) is 1.24. The molecule has 0 amide bonds. The Morgan fingerprint density at radius 1 is 1.24 bits per heavy atom. The number of hydrogen-bond donors (Lipinski definition) is 1. The topological polar surface area (TPSA) is 41.1 Å². The molecule has 2 heterocycles. The van der Waals surface area contributed by atoms with Gasteiger partial charge >= 0.3 is 6.18 Å². The maximum absolute atomic E-state index is 12.8. The summed E-state index contributed by atoms with van der Waals surface area (Å²) in [5.41, 5.74) is -0.868. The molecule has 21 heavy (non-hydrogen) atoms. The van der Waals surface area contributed by atoms with Crippen molar-refractivity contribution in [3.63, 3.8) is 0 Å². The van der Waals surface area contributed by atoms with Gasteiger partial charge in [0.15, 0.2) is 0 Å². The van der Waals surface area contributed by atoms with Crippen molar-refractivity contribution in [1.29, 1.82) is 0 Å². The molecule has 2 aliphatic rings. The van der Waals surface area contributed by atoms with Crippen LogP contribution in [-0.4, -0.2) is 35.6 Å². The fourth-order valence-electron chi connectivity index (χ4n) is 2.69. The van der Waals surface area contributed by atoms with Crippen molar-refractivity contribution in [2.45, 2.75) is 37.9 Å². The molecule has 1 N–H and O–H groups in total. The molecule has 0 radical (unpaired) electrons. The van der Waals surface area contributed by atoms with Gasteiger partial charge in [-0.3, -0.25) is 0 Å². The van der Waals surface area contributed by atoms with Crippen LogP contribution in [0, 0.1) is 5.92 Å². The first-order valence-electron chi connectivity index (χ1n) is 7.41. The third-order valence-electron chi connectivity index (χ3n) is 3.99. The summed E-state index contributed by atoms with van der Waals surface area (Å²) in [5.74, 6) is 0.773. The lowest BCUT2D eigenvalue weighted by molar-refractivity contribution is -0.141. The molecular formula is C14H19F3N4. The Morgan fingerprint density at radius 3 is 2.67 bits per heavy atom. The number of alkyl halides is 3. The van der Waals surface area contributed by atoms with Crippen molar-refractivity contribution in [3.8, 4) is 0 Å². The summed E-state index contributed by atoms with van der Waals surface area (Å²) in [7, 11) is 0. The summed E-state index contributed by atoms with van der Waals surface area (Å²) in [6.07, 6.45) is 1.24. The normalized spacial score (nSPS) is 22.5. The van der Waals surface area contributed by atoms with Gasteiger partial charge in [0, 0.05) is 25.3 Å². The zero-order chi connectivity index (χ0) is 14.9. The standard InChI is InChI=1S/C14H19F3N4/c15-14(16,17)12-5-7-19-13(20-12)21(8-10-3-4-10)9-11-2-1-6-18-11/h5,7,10-11,18H,1-4,6,8-9H2. The Kier molecular flexibility index (Phi) is 4.01. The van der Waals surface area contributed by atoms with Crippen LogP contribution < -0.4 is 10.2 Å². The quantitative estimate of drug-likeness (QED) is 0.907. The van der Waals surface area contributed by atoms with Crippen LogP contribution in [0.1, 0.15) is 31.4 Å². The minimum atomic E-state index is -4.42. The molecule has 1 atom stereocenters. The molecule has 4 nitrogen and oxygen atoms in total. The van der Waals surface area contributed by atoms with Gasteiger partial charge in [0.25, 0.3) is 0 Å². The van der Waals surface area contributed by atoms with Crippen molar-refractivity contribution in [3.05, 3.63) is 18.0 Å². The largest absolute Gasteiger partial charge is 0.433 e. The van der Waals surface area contributed by atoms with Gasteiger partial charge in [-0.1, -0.05) is 0 Å². The molecule has 1 aliphatic carbocycles. The summed E-state index contributed by atoms with van der Waals surface area (Å²) in [4.78, 5) is 9.71. The van der Waals surface area contributed by atoms with E-state index in [9.17, 15) is 13.2 Å². The number of halogens is 3. The molecular weight excluding hydrogens is 281 g/mol. The van der Waals surface area contributed by atoms with E-state index in [1.54, 1.807) is 0 Å². The lowest BCUT2D eigenvalue weighted by Gasteiger charge is -2.26. The number of nitrogens with one attached hydrogen (secondary N) is 1. The molecule has 2 fully saturated rings. The van der Waals surface area contributed by atoms with Crippen LogP contribution in [0.25, 0.3) is 0 Å². The van der Waals surface area contributed by atoms with Gasteiger partial charge in [-0.05, 0) is 44.2 Å². The highest BCUT2D eigenvalue weighted by Crippen LogP contribution is 2.32. The van der Waals surface area contributed by atoms with Crippen LogP contribution in [0.15, 0.2) is 12.3 Å². The number of hydrogen-bond acceptors (Lipinski definition) is 4. The second kappa shape index (κ2) is 5.79. The summed E-state index contributed by atoms with van der Waals surface area (Å²) in [6.45, 7) is 2.41. The molecule has 1 aromatic rings. The van der Waals surface area contributed by atoms with E-state index in [1.807, 2.05) is 4.90 Å². The zero-order valence-electron chi connectivity index (χ0n) is 11.7. The Balaban J connectivity index is 1.77. The summed E-state index contributed by atoms with van der Waals surface area (Å²) < 4.78 is 38.4. The van der Waals surface area contributed by atoms with Crippen molar-refractivity contribution in [2.24, 2.45) is 5.92 Å². The fraction of sp³-hybridized carbons (Fsp3) is 0.714. The monoisotopic (exact) mass is 300 g/mol. The van der Waals surface area contributed by atoms with Gasteiger partial charge in [-0.25, -0.2) is 9.97 Å². The van der Waals surface area contributed by atoms with Crippen LogP contribution in [0.3, 0.4) is 0 Å². The van der Waals surface area contributed by atoms with E-state index in [4.69, 9.17) is 0 Å². The van der Waals surface area contributed by atoms with E-state index in [2.05, 4.69) is 15.3 Å². The molecule has 7 heteroatoms. The van der Waals surface area contributed by atoms with E-state index in [1.165, 1.54) is 6.20 Å². The second-order valence-electron chi connectivity index (χ2n) is 5.88. The highest BCUT2D eigenvalue weighted by molar-refractivity contribution is 5.32. The van der Waals surface area contributed by atoms with Gasteiger partial charge in [0.05, 0.1) is 0 Å². The smallest absolute Gasteiger partial charge is 0.339 e. The summed E-state index contributed by atoms with van der Waals surface area (Å²) >= 11 is 0. The predicted octanol–water partition coefficient (Wildman–Crippen LogP) is 2.46. The molecule has 1 saturated carbocycles. The fourth-order valence-corrected chi connectivity index (χ4v) is 2.69. The highest BCUT2D eigenvalue weighted by Gasteiger charge is 2.34. The first-order chi connectivity index (χ1) is 10.0. The minimum absolute atomic E-state index is 0.199. The average molecular weight is 300 g/mol. The average Bonchev–Trinajstić information content (AvgIpc) is 3.11. The maximum atomic E-state index is 12.8. The van der Waals surface area contributed by atoms with Crippen molar-refractivity contribution in [1.82, 2.24) is 15.3 Å². The molecule has 1 unspecified atom stereocenters. The van der Waals surface area contributed by atoms with Crippen LogP contribution in [0.4, 0.5) is 19.1 Å². The number of rotatable bonds is 5. The van der Waals surface area contributed by atoms with Crippen LogP contribution in [0.5, 0.6) is 0 Å². The number of aromatic nitrogens is 2.